The van der Waals surface area contributed by atoms with E-state index in [1.54, 1.807) is 4.98 Å². The first-order valence-electron chi connectivity index (χ1n) is 6.15. The second kappa shape index (κ2) is 5.98. The van der Waals surface area contributed by atoms with Gasteiger partial charge in [0.15, 0.2) is 11.8 Å². The fourth-order valence-electron chi connectivity index (χ4n) is 2.20. The van der Waals surface area contributed by atoms with Crippen LogP contribution in [0.5, 0.6) is 0 Å². The van der Waals surface area contributed by atoms with Crippen molar-refractivity contribution in [2.45, 2.75) is 24.0 Å². The number of alkyl halides is 1. The van der Waals surface area contributed by atoms with E-state index in [1.807, 2.05) is 5.92 Å². The molecule has 1 aromatic heterocycles. The zero-order valence-electron chi connectivity index (χ0n) is 11.1. The summed E-state index contributed by atoms with van der Waals surface area (Å²) in [5, 5.41) is 19.2. The number of H-pyrrole nitrogens is 1. The van der Waals surface area contributed by atoms with E-state index < -0.39 is 54.3 Å². The average molecular weight is 317 g/mol. The van der Waals surface area contributed by atoms with Crippen LogP contribution in [0.4, 0.5) is 8.78 Å². The molecule has 1 saturated heterocycles. The Hall–Kier alpha value is -2.06. The Morgan fingerprint density at radius 3 is 2.82 bits per heavy atom. The third-order valence-electron chi connectivity index (χ3n) is 3.28. The first-order chi connectivity index (χ1) is 10.3. The van der Waals surface area contributed by atoms with E-state index in [1.165, 1.54) is 0 Å². The molecule has 0 aromatic carbocycles. The predicted molar refractivity (Wildman–Crippen MR) is 69.0 cm³/mol. The molecule has 0 aliphatic carbocycles. The van der Waals surface area contributed by atoms with Crippen LogP contribution in [0.1, 0.15) is 6.23 Å². The van der Waals surface area contributed by atoms with Gasteiger partial charge in [0.1, 0.15) is 18.9 Å². The Morgan fingerprint density at radius 1 is 1.55 bits per heavy atom. The molecule has 0 bridgehead atoms. The Kier molecular flexibility index (Phi) is 4.43. The normalized spacial score (nSPS) is 30.9. The monoisotopic (exact) mass is 317 g/mol. The fraction of sp³-hybridized carbons (Fsp3) is 0.500. The van der Waals surface area contributed by atoms with Gasteiger partial charge in [0.05, 0.1) is 12.8 Å². The molecule has 22 heavy (non-hydrogen) atoms. The lowest BCUT2D eigenvalue weighted by Gasteiger charge is -2.27. The van der Waals surface area contributed by atoms with Crippen LogP contribution in [0.3, 0.4) is 0 Å². The van der Waals surface area contributed by atoms with Crippen molar-refractivity contribution in [3.63, 3.8) is 0 Å². The number of hydrogen-bond donors (Lipinski definition) is 4. The third-order valence-corrected chi connectivity index (χ3v) is 3.28. The van der Waals surface area contributed by atoms with Gasteiger partial charge < -0.3 is 20.7 Å². The summed E-state index contributed by atoms with van der Waals surface area (Å²) in [4.78, 5) is 24.5. The highest BCUT2D eigenvalue weighted by atomic mass is 19.1. The maximum Gasteiger partial charge on any atom is 0.330 e. The summed E-state index contributed by atoms with van der Waals surface area (Å²) < 4.78 is 31.5. The molecule has 1 aliphatic rings. The van der Waals surface area contributed by atoms with Gasteiger partial charge in [0.25, 0.3) is 5.56 Å². The van der Waals surface area contributed by atoms with Crippen molar-refractivity contribution in [1.29, 1.82) is 0 Å². The summed E-state index contributed by atoms with van der Waals surface area (Å²) in [5.41, 5.74) is 1.61. The molecule has 4 atom stereocenters. The molecule has 5 N–H and O–H groups in total. The van der Waals surface area contributed by atoms with Crippen LogP contribution in [-0.2, 0) is 4.74 Å². The fourth-order valence-corrected chi connectivity index (χ4v) is 2.20. The van der Waals surface area contributed by atoms with Crippen molar-refractivity contribution < 1.29 is 23.7 Å². The maximum absolute atomic E-state index is 13.4. The number of aromatic nitrogens is 2. The number of nitrogens with one attached hydrogen (secondary N) is 1. The van der Waals surface area contributed by atoms with E-state index in [9.17, 15) is 23.5 Å². The van der Waals surface area contributed by atoms with E-state index in [0.717, 1.165) is 0 Å². The second-order valence-corrected chi connectivity index (χ2v) is 4.67. The Morgan fingerprint density at radius 2 is 2.23 bits per heavy atom. The molecule has 0 spiro atoms. The molecular formula is C12H13F2N3O5. The van der Waals surface area contributed by atoms with Gasteiger partial charge in [-0.3, -0.25) is 14.3 Å². The lowest BCUT2D eigenvalue weighted by atomic mass is 9.91. The first-order valence-corrected chi connectivity index (χ1v) is 6.15. The van der Waals surface area contributed by atoms with Gasteiger partial charge in [-0.15, -0.1) is 0 Å². The molecule has 0 saturated carbocycles. The van der Waals surface area contributed by atoms with Gasteiger partial charge in [-0.2, -0.15) is 4.39 Å². The van der Waals surface area contributed by atoms with E-state index in [0.29, 0.717) is 10.8 Å². The van der Waals surface area contributed by atoms with Crippen molar-refractivity contribution in [3.8, 4) is 11.8 Å². The molecule has 10 heteroatoms. The van der Waals surface area contributed by atoms with Gasteiger partial charge in [-0.1, -0.05) is 11.8 Å². The van der Waals surface area contributed by atoms with Crippen molar-refractivity contribution in [2.75, 3.05) is 13.3 Å². The van der Waals surface area contributed by atoms with Crippen molar-refractivity contribution in [3.05, 3.63) is 32.9 Å². The predicted octanol–water partition coefficient (Wildman–Crippen LogP) is -2.40. The van der Waals surface area contributed by atoms with Crippen LogP contribution in [0, 0.1) is 17.7 Å². The SMILES string of the molecule is NC1(C#CCF)[C@@H](O)C(CO)O[C@H]1n1cc(F)c(=O)[nH]c1=O. The summed E-state index contributed by atoms with van der Waals surface area (Å²) in [6, 6.07) is 0. The largest absolute Gasteiger partial charge is 0.394 e. The lowest BCUT2D eigenvalue weighted by molar-refractivity contribution is -0.0480. The van der Waals surface area contributed by atoms with Gasteiger partial charge in [0.2, 0.25) is 5.82 Å². The molecule has 0 amide bonds. The number of nitrogens with two attached hydrogens (primary N) is 1. The highest BCUT2D eigenvalue weighted by Gasteiger charge is 2.54. The summed E-state index contributed by atoms with van der Waals surface area (Å²) in [7, 11) is 0. The number of nitrogens with zero attached hydrogens (tertiary/aromatic N) is 1. The van der Waals surface area contributed by atoms with E-state index in [2.05, 4.69) is 5.92 Å². The number of aromatic amines is 1. The van der Waals surface area contributed by atoms with Crippen LogP contribution in [0.25, 0.3) is 0 Å². The minimum atomic E-state index is -1.98. The molecule has 1 aromatic rings. The Balaban J connectivity index is 2.59. The van der Waals surface area contributed by atoms with Gasteiger partial charge in [0, 0.05) is 0 Å². The third kappa shape index (κ3) is 2.55. The van der Waals surface area contributed by atoms with E-state index in [4.69, 9.17) is 15.6 Å². The van der Waals surface area contributed by atoms with E-state index in [-0.39, 0.29) is 0 Å². The lowest BCUT2D eigenvalue weighted by Crippen LogP contribution is -2.55. The van der Waals surface area contributed by atoms with Crippen LogP contribution in [0.15, 0.2) is 15.8 Å². The van der Waals surface area contributed by atoms with Crippen LogP contribution >= 0.6 is 0 Å². The minimum absolute atomic E-state index is 0.539. The molecular weight excluding hydrogens is 304 g/mol. The Bertz CT molecular complexity index is 737. The van der Waals surface area contributed by atoms with Crippen molar-refractivity contribution in [1.82, 2.24) is 9.55 Å². The van der Waals surface area contributed by atoms with Crippen LogP contribution in [0.2, 0.25) is 0 Å². The number of halogens is 2. The summed E-state index contributed by atoms with van der Waals surface area (Å²) in [6.45, 7) is -1.73. The zero-order chi connectivity index (χ0) is 16.5. The van der Waals surface area contributed by atoms with Crippen LogP contribution in [-0.4, -0.2) is 50.8 Å². The smallest absolute Gasteiger partial charge is 0.330 e. The first kappa shape index (κ1) is 16.3. The van der Waals surface area contributed by atoms with Crippen molar-refractivity contribution >= 4 is 0 Å². The average Bonchev–Trinajstić information content (AvgIpc) is 2.73. The molecule has 1 aliphatic heterocycles. The van der Waals surface area contributed by atoms with Gasteiger partial charge >= 0.3 is 5.69 Å². The van der Waals surface area contributed by atoms with Gasteiger partial charge in [-0.05, 0) is 0 Å². The quantitative estimate of drug-likeness (QED) is 0.450. The topological polar surface area (TPSA) is 131 Å². The molecule has 2 unspecified atom stereocenters. The number of ether oxygens (including phenoxy) is 1. The number of hydrogen-bond acceptors (Lipinski definition) is 6. The van der Waals surface area contributed by atoms with E-state index >= 15 is 0 Å². The van der Waals surface area contributed by atoms with Gasteiger partial charge in [-0.25, -0.2) is 9.18 Å². The molecule has 2 rings (SSSR count). The Labute approximate surface area is 122 Å². The molecule has 1 fully saturated rings. The number of aliphatic hydroxyl groups is 2. The number of aliphatic hydroxyl groups excluding tert-OH is 2. The molecule has 8 nitrogen and oxygen atoms in total. The summed E-state index contributed by atoms with van der Waals surface area (Å²) in [5.74, 6) is 2.94. The highest BCUT2D eigenvalue weighted by Crippen LogP contribution is 2.35. The second-order valence-electron chi connectivity index (χ2n) is 4.67. The highest BCUT2D eigenvalue weighted by molar-refractivity contribution is 5.26. The number of rotatable bonds is 2. The van der Waals surface area contributed by atoms with Crippen molar-refractivity contribution in [2.24, 2.45) is 5.73 Å². The molecule has 2 heterocycles. The van der Waals surface area contributed by atoms with Crippen LogP contribution < -0.4 is 17.0 Å². The zero-order valence-corrected chi connectivity index (χ0v) is 11.1. The minimum Gasteiger partial charge on any atom is -0.394 e. The standard InChI is InChI=1S/C12H13F2N3O5/c13-3-1-2-12(15)8(19)7(5-18)22-10(12)17-4-6(14)9(20)16-11(17)21/h4,7-8,10,18-19H,3,5,15H2,(H,16,20,21)/t7?,8-,10+,12?/m0/s1. The summed E-state index contributed by atoms with van der Waals surface area (Å²) >= 11 is 0. The summed E-state index contributed by atoms with van der Waals surface area (Å²) in [6.07, 6.45) is -3.77. The molecule has 120 valence electrons. The molecule has 0 radical (unpaired) electrons. The maximum atomic E-state index is 13.4.